The van der Waals surface area contributed by atoms with E-state index in [0.717, 1.165) is 21.0 Å². The van der Waals surface area contributed by atoms with Crippen LogP contribution in [0, 0.1) is 10.8 Å². The van der Waals surface area contributed by atoms with Crippen LogP contribution in [0.2, 0.25) is 0 Å². The molecular formula is C15H27F6LiO6. The van der Waals surface area contributed by atoms with Crippen molar-refractivity contribution in [3.05, 3.63) is 0 Å². The standard InChI is InChI=1S/C8H13F3O2.C6H9F3O2.CH4O.Li.H2O/c1-4-13-6(12)7(2,3)5-8(9,10)11;1-5(2,4(10)11)3-6(7,8)9;1-2;;/h4-5H2,1-3H3;3H2,1-2H3,(H,10,11);2H,1H3;;1H2/q;;;+1;/p-1. The Labute approximate surface area is 172 Å². The van der Waals surface area contributed by atoms with Gasteiger partial charge < -0.3 is 20.4 Å². The van der Waals surface area contributed by atoms with Crippen LogP contribution in [-0.2, 0) is 14.3 Å². The van der Waals surface area contributed by atoms with E-state index in [0.29, 0.717) is 0 Å². The summed E-state index contributed by atoms with van der Waals surface area (Å²) >= 11 is 0. The van der Waals surface area contributed by atoms with Crippen molar-refractivity contribution in [1.82, 2.24) is 0 Å². The molecule has 0 amide bonds. The molecule has 0 saturated heterocycles. The van der Waals surface area contributed by atoms with Crippen LogP contribution >= 0.6 is 0 Å². The van der Waals surface area contributed by atoms with Gasteiger partial charge in [-0.3, -0.25) is 9.59 Å². The summed E-state index contributed by atoms with van der Waals surface area (Å²) in [5, 5.41) is 15.3. The van der Waals surface area contributed by atoms with Crippen LogP contribution in [-0.4, -0.2) is 53.7 Å². The first-order valence-corrected chi connectivity index (χ1v) is 7.33. The zero-order valence-corrected chi connectivity index (χ0v) is 17.0. The summed E-state index contributed by atoms with van der Waals surface area (Å²) in [5.41, 5.74) is -3.22. The molecule has 0 radical (unpaired) electrons. The Kier molecular flexibility index (Phi) is 20.2. The summed E-state index contributed by atoms with van der Waals surface area (Å²) in [7, 11) is 1.00. The maximum Gasteiger partial charge on any atom is 1.00 e. The van der Waals surface area contributed by atoms with Gasteiger partial charge in [0.1, 0.15) is 0 Å². The molecule has 0 spiro atoms. The summed E-state index contributed by atoms with van der Waals surface area (Å²) in [6.45, 7) is 6.18. The van der Waals surface area contributed by atoms with Gasteiger partial charge in [-0.15, -0.1) is 0 Å². The maximum atomic E-state index is 11.9. The van der Waals surface area contributed by atoms with Crippen molar-refractivity contribution < 1.29 is 75.2 Å². The molecule has 28 heavy (non-hydrogen) atoms. The molecule has 0 aliphatic rings. The van der Waals surface area contributed by atoms with Crippen LogP contribution in [0.4, 0.5) is 26.3 Å². The molecule has 0 aliphatic heterocycles. The average Bonchev–Trinajstić information content (AvgIpc) is 2.36. The normalized spacial score (nSPS) is 11.3. The van der Waals surface area contributed by atoms with Crippen LogP contribution in [0.15, 0.2) is 0 Å². The van der Waals surface area contributed by atoms with E-state index in [2.05, 4.69) is 4.74 Å². The van der Waals surface area contributed by atoms with Gasteiger partial charge >= 0.3 is 43.2 Å². The number of esters is 1. The number of carbonyl (C=O) groups excluding carboxylic acids is 1. The predicted octanol–water partition coefficient (Wildman–Crippen LogP) is 1.01. The summed E-state index contributed by atoms with van der Waals surface area (Å²) in [5.74, 6) is -2.25. The molecule has 13 heteroatoms. The Morgan fingerprint density at radius 1 is 0.821 bits per heavy atom. The molecule has 0 bridgehead atoms. The third-order valence-corrected chi connectivity index (χ3v) is 2.69. The van der Waals surface area contributed by atoms with Gasteiger partial charge in [0.2, 0.25) is 0 Å². The Morgan fingerprint density at radius 2 is 1.11 bits per heavy atom. The molecule has 6 nitrogen and oxygen atoms in total. The average molecular weight is 424 g/mol. The van der Waals surface area contributed by atoms with Gasteiger partial charge in [0.05, 0.1) is 30.3 Å². The number of carbonyl (C=O) groups is 2. The summed E-state index contributed by atoms with van der Waals surface area (Å²) < 4.78 is 75.3. The maximum absolute atomic E-state index is 11.9. The van der Waals surface area contributed by atoms with Crippen LogP contribution in [0.5, 0.6) is 0 Å². The fourth-order valence-corrected chi connectivity index (χ4v) is 1.48. The Bertz CT molecular complexity index is 436. The largest absolute Gasteiger partial charge is 1.00 e. The van der Waals surface area contributed by atoms with Crippen LogP contribution in [0.1, 0.15) is 47.5 Å². The van der Waals surface area contributed by atoms with E-state index in [1.54, 1.807) is 6.92 Å². The topological polar surface area (TPSA) is 114 Å². The van der Waals surface area contributed by atoms with Crippen LogP contribution in [0.25, 0.3) is 0 Å². The second-order valence-electron chi connectivity index (χ2n) is 6.38. The number of hydrogen-bond donors (Lipinski definition) is 2. The molecule has 0 saturated carbocycles. The fraction of sp³-hybridized carbons (Fsp3) is 0.867. The number of alkyl halides is 6. The molecule has 0 unspecified atom stereocenters. The van der Waals surface area contributed by atoms with Gasteiger partial charge in [-0.25, -0.2) is 0 Å². The molecule has 0 atom stereocenters. The minimum absolute atomic E-state index is 0. The van der Waals surface area contributed by atoms with Gasteiger partial charge in [-0.2, -0.15) is 26.3 Å². The number of rotatable bonds is 5. The van der Waals surface area contributed by atoms with Crippen molar-refractivity contribution in [2.24, 2.45) is 10.8 Å². The van der Waals surface area contributed by atoms with Crippen LogP contribution < -0.4 is 18.9 Å². The van der Waals surface area contributed by atoms with Gasteiger partial charge in [-0.1, -0.05) is 0 Å². The predicted molar refractivity (Wildman–Crippen MR) is 83.3 cm³/mol. The molecule has 0 aliphatic carbocycles. The smallest absolute Gasteiger partial charge is 0.870 e. The van der Waals surface area contributed by atoms with Gasteiger partial charge in [0.15, 0.2) is 0 Å². The van der Waals surface area contributed by atoms with Gasteiger partial charge in [-0.05, 0) is 34.6 Å². The Morgan fingerprint density at radius 3 is 1.29 bits per heavy atom. The van der Waals surface area contributed by atoms with Crippen molar-refractivity contribution in [1.29, 1.82) is 0 Å². The third-order valence-electron chi connectivity index (χ3n) is 2.69. The minimum atomic E-state index is -4.41. The van der Waals surface area contributed by atoms with E-state index in [9.17, 15) is 35.9 Å². The summed E-state index contributed by atoms with van der Waals surface area (Å²) in [6, 6.07) is 0. The number of carboxylic acids is 1. The van der Waals surface area contributed by atoms with E-state index in [4.69, 9.17) is 10.2 Å². The van der Waals surface area contributed by atoms with Gasteiger partial charge in [0, 0.05) is 7.11 Å². The summed E-state index contributed by atoms with van der Waals surface area (Å²) in [6.07, 6.45) is -11.2. The summed E-state index contributed by atoms with van der Waals surface area (Å²) in [4.78, 5) is 21.2. The first-order valence-electron chi connectivity index (χ1n) is 7.33. The first-order chi connectivity index (χ1) is 11.3. The number of aliphatic carboxylic acids is 1. The van der Waals surface area contributed by atoms with E-state index < -0.39 is 48.0 Å². The van der Waals surface area contributed by atoms with Crippen molar-refractivity contribution in [3.63, 3.8) is 0 Å². The molecule has 166 valence electrons. The van der Waals surface area contributed by atoms with Crippen molar-refractivity contribution in [3.8, 4) is 0 Å². The van der Waals surface area contributed by atoms with Crippen molar-refractivity contribution >= 4 is 11.9 Å². The molecule has 0 aromatic rings. The van der Waals surface area contributed by atoms with E-state index in [-0.39, 0.29) is 30.9 Å². The number of aliphatic hydroxyl groups is 1. The van der Waals surface area contributed by atoms with E-state index >= 15 is 0 Å². The monoisotopic (exact) mass is 424 g/mol. The first kappa shape index (κ1) is 37.7. The van der Waals surface area contributed by atoms with Crippen molar-refractivity contribution in [2.75, 3.05) is 13.7 Å². The van der Waals surface area contributed by atoms with Crippen LogP contribution in [0.3, 0.4) is 0 Å². The van der Waals surface area contributed by atoms with Crippen molar-refractivity contribution in [2.45, 2.75) is 59.8 Å². The second kappa shape index (κ2) is 15.0. The van der Waals surface area contributed by atoms with Gasteiger partial charge in [0.25, 0.3) is 0 Å². The zero-order chi connectivity index (χ0) is 22.0. The number of halogens is 6. The molecule has 0 heterocycles. The fourth-order valence-electron chi connectivity index (χ4n) is 1.48. The molecule has 3 N–H and O–H groups in total. The molecule has 0 rings (SSSR count). The van der Waals surface area contributed by atoms with E-state index in [1.165, 1.54) is 13.8 Å². The molecule has 0 aromatic carbocycles. The Hall–Kier alpha value is -0.963. The molecule has 0 aromatic heterocycles. The molecular weight excluding hydrogens is 397 g/mol. The number of aliphatic hydroxyl groups excluding tert-OH is 1. The zero-order valence-electron chi connectivity index (χ0n) is 17.0. The number of carboxylic acid groups (broad SMARTS) is 1. The van der Waals surface area contributed by atoms with E-state index in [1.807, 2.05) is 0 Å². The minimum Gasteiger partial charge on any atom is -0.870 e. The SMILES string of the molecule is CC(C)(CC(F)(F)F)C(=O)O.CCOC(=O)C(C)(C)CC(F)(F)F.CO.[Li+].[OH-]. The Balaban J connectivity index is -0.000000109. The number of hydrogen-bond acceptors (Lipinski definition) is 5. The molecule has 0 fully saturated rings. The number of ether oxygens (including phenoxy) is 1. The third kappa shape index (κ3) is 21.3. The quantitative estimate of drug-likeness (QED) is 0.387. The second-order valence-corrected chi connectivity index (χ2v) is 6.38.